The Morgan fingerprint density at radius 1 is 0.449 bits per heavy atom. The molecule has 0 aliphatic carbocycles. The zero-order valence-corrected chi connectivity index (χ0v) is 43.3. The van der Waals surface area contributed by atoms with E-state index in [9.17, 15) is 19.2 Å². The molecule has 15 heteroatoms. The van der Waals surface area contributed by atoms with Crippen LogP contribution in [0.25, 0.3) is 0 Å². The SMILES string of the molecule is CC[C@@]12SC(c3ccc(OC)cc3)S[C@@](Cc3ccc(CCc4ccc(CC56SC(c7ccc(OC)cc7)S[C@@](COCc7ccccc7)(C(=O)N5C)N(C)C6=O)cc4)cc3)(C(=O)N1C)N(C)C2=O. The lowest BCUT2D eigenvalue weighted by Gasteiger charge is -2.51. The van der Waals surface area contributed by atoms with E-state index < -0.39 is 19.5 Å². The summed E-state index contributed by atoms with van der Waals surface area (Å²) in [5.74, 6) is 1.09. The number of carbonyl (C=O) groups is 4. The molecule has 4 bridgehead atoms. The Balaban J connectivity index is 0.902. The summed E-state index contributed by atoms with van der Waals surface area (Å²) in [7, 11) is 10.3. The maximum Gasteiger partial charge on any atom is 0.262 e. The van der Waals surface area contributed by atoms with Gasteiger partial charge < -0.3 is 33.8 Å². The molecule has 0 aromatic heterocycles. The van der Waals surface area contributed by atoms with Crippen LogP contribution in [0.2, 0.25) is 0 Å². The molecule has 6 saturated heterocycles. The van der Waals surface area contributed by atoms with Gasteiger partial charge in [0.2, 0.25) is 0 Å². The van der Waals surface area contributed by atoms with Crippen LogP contribution in [0.4, 0.5) is 0 Å². The Labute approximate surface area is 422 Å². The van der Waals surface area contributed by atoms with Gasteiger partial charge in [-0.05, 0) is 82.5 Å². The lowest BCUT2D eigenvalue weighted by atomic mass is 9.95. The van der Waals surface area contributed by atoms with Crippen LogP contribution in [-0.4, -0.2) is 112 Å². The van der Waals surface area contributed by atoms with Crippen LogP contribution in [0.1, 0.15) is 61.5 Å². The first kappa shape index (κ1) is 48.9. The number of aryl methyl sites for hydroxylation is 2. The molecule has 3 unspecified atom stereocenters. The van der Waals surface area contributed by atoms with Crippen LogP contribution in [0.15, 0.2) is 127 Å². The summed E-state index contributed by atoms with van der Waals surface area (Å²) in [5, 5.41) is 0. The van der Waals surface area contributed by atoms with Crippen LogP contribution < -0.4 is 9.47 Å². The third-order valence-electron chi connectivity index (χ3n) is 14.2. The van der Waals surface area contributed by atoms with E-state index in [2.05, 4.69) is 48.5 Å². The Bertz CT molecular complexity index is 2700. The first-order valence-electron chi connectivity index (χ1n) is 23.1. The highest BCUT2D eigenvalue weighted by Crippen LogP contribution is 2.63. The van der Waals surface area contributed by atoms with Gasteiger partial charge in [-0.1, -0.05) is 110 Å². The molecule has 5 aromatic rings. The maximum absolute atomic E-state index is 14.9. The quantitative estimate of drug-likeness (QED) is 0.0945. The van der Waals surface area contributed by atoms with Crippen molar-refractivity contribution in [3.8, 4) is 11.5 Å². The van der Waals surface area contributed by atoms with Gasteiger partial charge in [0.05, 0.1) is 36.6 Å². The smallest absolute Gasteiger partial charge is 0.262 e. The highest BCUT2D eigenvalue weighted by Gasteiger charge is 2.67. The number of benzene rings is 5. The van der Waals surface area contributed by atoms with E-state index in [4.69, 9.17) is 14.2 Å². The summed E-state index contributed by atoms with van der Waals surface area (Å²) in [6, 6.07) is 42.4. The molecule has 11 nitrogen and oxygen atoms in total. The zero-order chi connectivity index (χ0) is 48.7. The Morgan fingerprint density at radius 2 is 0.812 bits per heavy atom. The summed E-state index contributed by atoms with van der Waals surface area (Å²) in [6.45, 7) is 2.34. The van der Waals surface area contributed by atoms with E-state index in [1.807, 2.05) is 85.8 Å². The standard InChI is InChI=1S/C54H58N4O7S4/c1-8-51-47(59)56(3)52(48(60)55(51)2,67-45(66-51)41-24-28-43(63-6)29-25-41)32-38-20-16-36(17-21-38)14-15-37-18-22-39(23-19-37)33-53-49(61)58(5)54(50(62)57(53)4,35-65-34-40-12-10-9-11-13-40)69-46(68-53)42-26-30-44(64-7)31-27-42/h9-13,16-31,45-46H,8,14-15,32-35H2,1-7H3/t45?,46?,51-,52-,53?,54-/m0/s1. The number of fused-ring (bicyclic) bond motifs is 8. The molecule has 6 fully saturated rings. The van der Waals surface area contributed by atoms with Crippen molar-refractivity contribution < 1.29 is 33.4 Å². The molecule has 6 heterocycles. The van der Waals surface area contributed by atoms with Crippen molar-refractivity contribution in [3.05, 3.63) is 166 Å². The summed E-state index contributed by atoms with van der Waals surface area (Å²) in [4.78, 5) is 60.6. The van der Waals surface area contributed by atoms with Crippen molar-refractivity contribution in [2.45, 2.75) is 74.3 Å². The molecule has 11 rings (SSSR count). The first-order valence-corrected chi connectivity index (χ1v) is 26.6. The number of rotatable bonds is 16. The molecule has 69 heavy (non-hydrogen) atoms. The third kappa shape index (κ3) is 8.70. The van der Waals surface area contributed by atoms with Gasteiger partial charge in [-0.2, -0.15) is 0 Å². The summed E-state index contributed by atoms with van der Waals surface area (Å²) < 4.78 is 16.7. The number of amides is 4. The van der Waals surface area contributed by atoms with Crippen LogP contribution in [0.5, 0.6) is 11.5 Å². The van der Waals surface area contributed by atoms with E-state index in [1.54, 1.807) is 85.5 Å². The van der Waals surface area contributed by atoms with Gasteiger partial charge >= 0.3 is 0 Å². The van der Waals surface area contributed by atoms with Gasteiger partial charge in [-0.15, -0.1) is 47.0 Å². The average molecular weight is 1000 g/mol. The molecule has 0 radical (unpaired) electrons. The lowest BCUT2D eigenvalue weighted by Crippen LogP contribution is -2.73. The molecule has 6 atom stereocenters. The molecule has 0 spiro atoms. The lowest BCUT2D eigenvalue weighted by molar-refractivity contribution is -0.166. The number of methoxy groups -OCH3 is 2. The Hall–Kier alpha value is -5.06. The predicted octanol–water partition coefficient (Wildman–Crippen LogP) is 9.20. The van der Waals surface area contributed by atoms with Gasteiger partial charge in [0.25, 0.3) is 23.6 Å². The first-order chi connectivity index (χ1) is 33.2. The predicted molar refractivity (Wildman–Crippen MR) is 278 cm³/mol. The van der Waals surface area contributed by atoms with E-state index in [-0.39, 0.29) is 39.4 Å². The molecule has 5 aromatic carbocycles. The van der Waals surface area contributed by atoms with Crippen LogP contribution in [0, 0.1) is 0 Å². The molecule has 6 aliphatic heterocycles. The number of hydrogen-bond donors (Lipinski definition) is 0. The second-order valence-electron chi connectivity index (χ2n) is 18.1. The summed E-state index contributed by atoms with van der Waals surface area (Å²) >= 11 is 6.10. The topological polar surface area (TPSA) is 109 Å². The maximum atomic E-state index is 14.9. The minimum Gasteiger partial charge on any atom is -0.497 e. The van der Waals surface area contributed by atoms with Crippen molar-refractivity contribution in [2.24, 2.45) is 0 Å². The largest absolute Gasteiger partial charge is 0.497 e. The molecular formula is C54H58N4O7S4. The minimum atomic E-state index is -1.27. The minimum absolute atomic E-state index is 0.0405. The number of ether oxygens (including phenoxy) is 3. The second kappa shape index (κ2) is 19.6. The van der Waals surface area contributed by atoms with Gasteiger partial charge in [0, 0.05) is 41.0 Å². The second-order valence-corrected chi connectivity index (χ2v) is 24.2. The summed E-state index contributed by atoms with van der Waals surface area (Å²) in [5.41, 5.74) is 7.25. The van der Waals surface area contributed by atoms with Crippen molar-refractivity contribution >= 4 is 70.7 Å². The molecule has 0 saturated carbocycles. The molecule has 0 N–H and O–H groups in total. The highest BCUT2D eigenvalue weighted by atomic mass is 32.2. The monoisotopic (exact) mass is 1000 g/mol. The van der Waals surface area contributed by atoms with Gasteiger partial charge in [0.15, 0.2) is 19.5 Å². The number of carbonyl (C=O) groups excluding carboxylic acids is 4. The van der Waals surface area contributed by atoms with Crippen molar-refractivity contribution in [1.29, 1.82) is 0 Å². The molecule has 6 aliphatic rings. The van der Waals surface area contributed by atoms with Crippen LogP contribution >= 0.6 is 47.0 Å². The highest BCUT2D eigenvalue weighted by molar-refractivity contribution is 8.19. The summed E-state index contributed by atoms with van der Waals surface area (Å²) in [6.07, 6.45) is 2.79. The molecule has 4 amide bonds. The molecular weight excluding hydrogens is 945 g/mol. The number of piperazine rings is 2. The third-order valence-corrected chi connectivity index (χ3v) is 21.4. The number of hydrogen-bond acceptors (Lipinski definition) is 11. The number of likely N-dealkylation sites (N-methyl/N-ethyl adjacent to an activating group) is 4. The normalized spacial score (nSPS) is 26.7. The van der Waals surface area contributed by atoms with Crippen molar-refractivity contribution in [3.63, 3.8) is 0 Å². The number of thioether (sulfide) groups is 4. The van der Waals surface area contributed by atoms with E-state index >= 15 is 0 Å². The van der Waals surface area contributed by atoms with E-state index in [1.165, 1.54) is 23.5 Å². The Kier molecular flexibility index (Phi) is 13.9. The van der Waals surface area contributed by atoms with Crippen LogP contribution in [0.3, 0.4) is 0 Å². The van der Waals surface area contributed by atoms with Gasteiger partial charge in [-0.25, -0.2) is 0 Å². The Morgan fingerprint density at radius 3 is 1.25 bits per heavy atom. The fourth-order valence-electron chi connectivity index (χ4n) is 9.85. The molecule has 360 valence electrons. The fourth-order valence-corrected chi connectivity index (χ4v) is 17.5. The van der Waals surface area contributed by atoms with E-state index in [0.29, 0.717) is 25.9 Å². The number of nitrogens with zero attached hydrogens (tertiary/aromatic N) is 4. The van der Waals surface area contributed by atoms with Gasteiger partial charge in [0.1, 0.15) is 11.5 Å². The average Bonchev–Trinajstić information content (AvgIpc) is 3.64. The zero-order valence-electron chi connectivity index (χ0n) is 40.0. The van der Waals surface area contributed by atoms with Crippen molar-refractivity contribution in [1.82, 2.24) is 19.6 Å². The fraction of sp³-hybridized carbons (Fsp3) is 0.370. The van der Waals surface area contributed by atoms with Crippen molar-refractivity contribution in [2.75, 3.05) is 49.0 Å². The van der Waals surface area contributed by atoms with Gasteiger partial charge in [-0.3, -0.25) is 19.2 Å². The van der Waals surface area contributed by atoms with E-state index in [0.717, 1.165) is 63.3 Å². The van der Waals surface area contributed by atoms with Crippen LogP contribution in [-0.2, 0) is 56.2 Å².